The van der Waals surface area contributed by atoms with Gasteiger partial charge in [0, 0.05) is 58.8 Å². The number of hydrogen-bond acceptors (Lipinski definition) is 4. The summed E-state index contributed by atoms with van der Waals surface area (Å²) >= 11 is 2.12. The zero-order chi connectivity index (χ0) is 43.0. The molecule has 10 heteroatoms. The molecule has 2 aromatic heterocycles. The minimum absolute atomic E-state index is 0.125. The maximum atomic E-state index is 16.8. The van der Waals surface area contributed by atoms with Crippen LogP contribution in [0.15, 0.2) is 109 Å². The van der Waals surface area contributed by atoms with E-state index in [1.165, 1.54) is 26.0 Å². The van der Waals surface area contributed by atoms with Gasteiger partial charge in [0.25, 0.3) is 0 Å². The first kappa shape index (κ1) is 42.3. The second kappa shape index (κ2) is 14.7. The molecule has 306 valence electrons. The largest absolute Gasteiger partial charge is 0.380 e. The number of carbonyl (C=O) groups is 2. The molecule has 0 radical (unpaired) electrons. The fourth-order valence-electron chi connectivity index (χ4n) is 7.56. The zero-order valence-corrected chi connectivity index (χ0v) is 35.6. The van der Waals surface area contributed by atoms with Crippen molar-refractivity contribution in [2.75, 3.05) is 0 Å². The first-order valence-corrected chi connectivity index (χ1v) is 21.0. The Morgan fingerprint density at radius 3 is 1.49 bits per heavy atom. The summed E-state index contributed by atoms with van der Waals surface area (Å²) in [5, 5.41) is 0. The number of halogens is 6. The lowest BCUT2D eigenvalue weighted by molar-refractivity contribution is -0.254. The fraction of sp³-hybridized carbons (Fsp3) is 0.306. The summed E-state index contributed by atoms with van der Waals surface area (Å²) in [6.45, 7) is 14.9. The van der Waals surface area contributed by atoms with Gasteiger partial charge in [-0.2, -0.15) is 26.3 Å². The number of alkyl halides is 6. The molecular formula is C49H44F6O2S2. The van der Waals surface area contributed by atoms with Crippen LogP contribution in [0.1, 0.15) is 105 Å². The number of rotatable bonds is 8. The molecular weight excluding hydrogens is 799 g/mol. The fourth-order valence-corrected chi connectivity index (χ4v) is 10.0. The highest BCUT2D eigenvalue weighted by Gasteiger charge is 2.80. The summed E-state index contributed by atoms with van der Waals surface area (Å²) in [5.74, 6) is -17.2. The first-order valence-electron chi connectivity index (χ1n) is 19.3. The van der Waals surface area contributed by atoms with Crippen molar-refractivity contribution in [3.05, 3.63) is 141 Å². The lowest BCUT2D eigenvalue weighted by Gasteiger charge is -2.26. The molecule has 0 spiro atoms. The maximum absolute atomic E-state index is 16.8. The van der Waals surface area contributed by atoms with Gasteiger partial charge in [-0.1, -0.05) is 133 Å². The molecule has 59 heavy (non-hydrogen) atoms. The maximum Gasteiger partial charge on any atom is 0.380 e. The van der Waals surface area contributed by atoms with Crippen LogP contribution in [0.5, 0.6) is 0 Å². The lowest BCUT2D eigenvalue weighted by atomic mass is 9.85. The van der Waals surface area contributed by atoms with Gasteiger partial charge >= 0.3 is 17.8 Å². The highest BCUT2D eigenvalue weighted by atomic mass is 32.1. The van der Waals surface area contributed by atoms with Gasteiger partial charge < -0.3 is 0 Å². The van der Waals surface area contributed by atoms with E-state index >= 15 is 26.3 Å². The van der Waals surface area contributed by atoms with Gasteiger partial charge in [0.2, 0.25) is 0 Å². The number of thiophene rings is 2. The number of Topliss-reactive ketones (excluding diaryl/α,β-unsaturated/α-hetero) is 2. The molecule has 0 aliphatic heterocycles. The van der Waals surface area contributed by atoms with Crippen molar-refractivity contribution in [3.63, 3.8) is 0 Å². The van der Waals surface area contributed by atoms with Crippen molar-refractivity contribution in [1.82, 2.24) is 0 Å². The molecule has 2 heterocycles. The highest BCUT2D eigenvalue weighted by Crippen LogP contribution is 2.67. The average molecular weight is 843 g/mol. The topological polar surface area (TPSA) is 34.1 Å². The van der Waals surface area contributed by atoms with Crippen LogP contribution < -0.4 is 0 Å². The van der Waals surface area contributed by atoms with Gasteiger partial charge in [-0.05, 0) is 71.0 Å². The van der Waals surface area contributed by atoms with E-state index in [-0.39, 0.29) is 32.2 Å². The second-order valence-corrected chi connectivity index (χ2v) is 19.6. The Hall–Kier alpha value is -4.80. The van der Waals surface area contributed by atoms with E-state index in [1.54, 1.807) is 66.8 Å². The zero-order valence-electron chi connectivity index (χ0n) is 34.0. The smallest absolute Gasteiger partial charge is 0.295 e. The van der Waals surface area contributed by atoms with Crippen LogP contribution in [-0.4, -0.2) is 29.3 Å². The molecule has 0 saturated heterocycles. The second-order valence-electron chi connectivity index (χ2n) is 17.4. The number of carbonyl (C=O) groups excluding carboxylic acids is 2. The van der Waals surface area contributed by atoms with Crippen LogP contribution in [0, 0.1) is 0 Å². The van der Waals surface area contributed by atoms with Crippen LogP contribution in [-0.2, 0) is 15.6 Å². The Morgan fingerprint density at radius 2 is 1.07 bits per heavy atom. The van der Waals surface area contributed by atoms with Crippen LogP contribution in [0.25, 0.3) is 42.5 Å². The Kier molecular flexibility index (Phi) is 10.6. The predicted octanol–water partition coefficient (Wildman–Crippen LogP) is 15.0. The Balaban J connectivity index is 1.53. The van der Waals surface area contributed by atoms with Crippen LogP contribution in [0.2, 0.25) is 0 Å². The third-order valence-electron chi connectivity index (χ3n) is 11.2. The van der Waals surface area contributed by atoms with Crippen LogP contribution in [0.3, 0.4) is 0 Å². The Morgan fingerprint density at radius 1 is 0.610 bits per heavy atom. The molecule has 2 nitrogen and oxygen atoms in total. The number of ketones is 2. The van der Waals surface area contributed by atoms with Gasteiger partial charge in [-0.15, -0.1) is 22.7 Å². The molecule has 2 aliphatic rings. The van der Waals surface area contributed by atoms with E-state index in [0.29, 0.717) is 44.0 Å². The third-order valence-corrected chi connectivity index (χ3v) is 13.7. The Bertz CT molecular complexity index is 2550. The van der Waals surface area contributed by atoms with Crippen LogP contribution in [0.4, 0.5) is 26.3 Å². The predicted molar refractivity (Wildman–Crippen MR) is 229 cm³/mol. The van der Waals surface area contributed by atoms with Crippen molar-refractivity contribution in [1.29, 1.82) is 0 Å². The van der Waals surface area contributed by atoms with E-state index in [4.69, 9.17) is 0 Å². The lowest BCUT2D eigenvalue weighted by Crippen LogP contribution is -2.48. The average Bonchev–Trinajstić information content (AvgIpc) is 3.83. The van der Waals surface area contributed by atoms with Crippen molar-refractivity contribution in [3.8, 4) is 31.3 Å². The molecule has 7 rings (SSSR count). The highest BCUT2D eigenvalue weighted by molar-refractivity contribution is 7.19. The molecule has 1 unspecified atom stereocenters. The quantitative estimate of drug-likeness (QED) is 0.115. The van der Waals surface area contributed by atoms with Crippen molar-refractivity contribution >= 4 is 45.4 Å². The number of hydrogen-bond donors (Lipinski definition) is 0. The number of allylic oxidation sites excluding steroid dienone is 6. The summed E-state index contributed by atoms with van der Waals surface area (Å²) in [6, 6.07) is 23.2. The van der Waals surface area contributed by atoms with Crippen LogP contribution >= 0.6 is 22.7 Å². The molecule has 0 N–H and O–H groups in total. The van der Waals surface area contributed by atoms with E-state index < -0.39 is 46.0 Å². The Labute approximate surface area is 349 Å². The molecule has 0 bridgehead atoms. The molecule has 0 fully saturated rings. The minimum Gasteiger partial charge on any atom is -0.295 e. The van der Waals surface area contributed by atoms with Crippen molar-refractivity contribution < 1.29 is 35.9 Å². The molecule has 1 atom stereocenters. The van der Waals surface area contributed by atoms with E-state index in [2.05, 4.69) is 0 Å². The minimum atomic E-state index is -5.79. The summed E-state index contributed by atoms with van der Waals surface area (Å²) in [6.07, 6.45) is 5.45. The molecule has 2 aliphatic carbocycles. The van der Waals surface area contributed by atoms with Gasteiger partial charge in [-0.25, -0.2) is 0 Å². The van der Waals surface area contributed by atoms with Gasteiger partial charge in [-0.3, -0.25) is 9.59 Å². The van der Waals surface area contributed by atoms with E-state index in [0.717, 1.165) is 33.8 Å². The molecule has 5 aromatic rings. The normalized spacial score (nSPS) is 18.6. The molecule has 0 amide bonds. The first-order chi connectivity index (χ1) is 27.4. The molecule has 3 aromatic carbocycles. The summed E-state index contributed by atoms with van der Waals surface area (Å²) < 4.78 is 99.5. The number of benzene rings is 3. The van der Waals surface area contributed by atoms with Crippen molar-refractivity contribution in [2.45, 2.75) is 96.3 Å². The summed E-state index contributed by atoms with van der Waals surface area (Å²) in [4.78, 5) is 25.3. The van der Waals surface area contributed by atoms with Crippen molar-refractivity contribution in [2.24, 2.45) is 0 Å². The summed E-state index contributed by atoms with van der Waals surface area (Å²) in [5.41, 5.74) is -0.136. The molecule has 0 saturated carbocycles. The SMILES string of the molecule is CC(=O)C1=CCC(c2cc(C3=C(c4cc(-c5ccc(C(C)=O)cc5)sc4-c4ccc(C(C)(C)C)cc4)C(F)(F)C(F)(F)C3(F)F)c(-c3ccc(C(C)(C)C)cc3)s2)C=C1. The standard InChI is InChI=1S/C49H44F6O2S2/c1-27(56)29-9-13-31(14-10-29)39-25-37(43(58-39)33-17-21-35(22-18-33)45(3,4)5)41-42(48(52,53)49(54,55)47(41,50)51)38-26-40(32-15-11-30(12-16-32)28(2)57)59-44(38)34-19-23-36(24-20-34)46(6,7)8/h9-15,17-26,32H,16H2,1-8H3. The van der Waals surface area contributed by atoms with Gasteiger partial charge in [0.15, 0.2) is 11.6 Å². The summed E-state index contributed by atoms with van der Waals surface area (Å²) in [7, 11) is 0. The van der Waals surface area contributed by atoms with Gasteiger partial charge in [0.05, 0.1) is 0 Å². The van der Waals surface area contributed by atoms with E-state index in [1.807, 2.05) is 65.8 Å². The third kappa shape index (κ3) is 7.41. The monoisotopic (exact) mass is 842 g/mol. The van der Waals surface area contributed by atoms with Gasteiger partial charge in [0.1, 0.15) is 0 Å². The van der Waals surface area contributed by atoms with E-state index in [9.17, 15) is 9.59 Å².